The Morgan fingerprint density at radius 2 is 2.15 bits per heavy atom. The molecule has 0 unspecified atom stereocenters. The van der Waals surface area contributed by atoms with Gasteiger partial charge in [0.25, 0.3) is 0 Å². The minimum absolute atomic E-state index is 0.0526. The highest BCUT2D eigenvalue weighted by Crippen LogP contribution is 2.29. The van der Waals surface area contributed by atoms with Crippen molar-refractivity contribution < 1.29 is 14.3 Å². The zero-order valence-corrected chi connectivity index (χ0v) is 12.1. The molecule has 0 aromatic heterocycles. The average molecular weight is 276 g/mol. The third-order valence-corrected chi connectivity index (χ3v) is 2.75. The van der Waals surface area contributed by atoms with Gasteiger partial charge in [-0.3, -0.25) is 14.5 Å². The monoisotopic (exact) mass is 276 g/mol. The SMILES string of the molecule is C=CCNC(=O)CN(C(C)=O)c1cc(C)ccc1OC. The van der Waals surface area contributed by atoms with Crippen LogP contribution in [0.5, 0.6) is 5.75 Å². The first-order valence-corrected chi connectivity index (χ1v) is 6.30. The molecule has 0 atom stereocenters. The smallest absolute Gasteiger partial charge is 0.240 e. The number of ether oxygens (including phenoxy) is 1. The van der Waals surface area contributed by atoms with E-state index in [1.165, 1.54) is 18.9 Å². The van der Waals surface area contributed by atoms with Crippen molar-refractivity contribution in [3.8, 4) is 5.75 Å². The fourth-order valence-corrected chi connectivity index (χ4v) is 1.76. The summed E-state index contributed by atoms with van der Waals surface area (Å²) in [7, 11) is 1.53. The van der Waals surface area contributed by atoms with Crippen LogP contribution in [0.3, 0.4) is 0 Å². The summed E-state index contributed by atoms with van der Waals surface area (Å²) in [5, 5.41) is 2.65. The molecule has 5 nitrogen and oxygen atoms in total. The van der Waals surface area contributed by atoms with Crippen LogP contribution in [0.25, 0.3) is 0 Å². The Balaban J connectivity index is 3.02. The second-order valence-corrected chi connectivity index (χ2v) is 4.37. The van der Waals surface area contributed by atoms with Crippen LogP contribution >= 0.6 is 0 Å². The summed E-state index contributed by atoms with van der Waals surface area (Å²) in [5.41, 5.74) is 1.58. The van der Waals surface area contributed by atoms with Gasteiger partial charge in [0, 0.05) is 13.5 Å². The Morgan fingerprint density at radius 3 is 2.70 bits per heavy atom. The Labute approximate surface area is 119 Å². The number of rotatable bonds is 6. The molecular weight excluding hydrogens is 256 g/mol. The first kappa shape index (κ1) is 15.8. The van der Waals surface area contributed by atoms with Crippen molar-refractivity contribution in [2.24, 2.45) is 0 Å². The van der Waals surface area contributed by atoms with E-state index < -0.39 is 0 Å². The number of methoxy groups -OCH3 is 1. The average Bonchev–Trinajstić information content (AvgIpc) is 2.42. The number of hydrogen-bond acceptors (Lipinski definition) is 3. The molecule has 0 spiro atoms. The van der Waals surface area contributed by atoms with E-state index >= 15 is 0 Å². The molecule has 5 heteroatoms. The van der Waals surface area contributed by atoms with Crippen molar-refractivity contribution in [1.29, 1.82) is 0 Å². The Morgan fingerprint density at radius 1 is 1.45 bits per heavy atom. The van der Waals surface area contributed by atoms with Gasteiger partial charge in [-0.1, -0.05) is 12.1 Å². The molecule has 0 bridgehead atoms. The van der Waals surface area contributed by atoms with Crippen LogP contribution in [0.4, 0.5) is 5.69 Å². The molecule has 0 aliphatic carbocycles. The van der Waals surface area contributed by atoms with Crippen molar-refractivity contribution in [3.63, 3.8) is 0 Å². The minimum Gasteiger partial charge on any atom is -0.495 e. The maximum absolute atomic E-state index is 11.8. The van der Waals surface area contributed by atoms with E-state index in [4.69, 9.17) is 4.74 Å². The molecule has 0 fully saturated rings. The number of aryl methyl sites for hydroxylation is 1. The quantitative estimate of drug-likeness (QED) is 0.804. The summed E-state index contributed by atoms with van der Waals surface area (Å²) >= 11 is 0. The summed E-state index contributed by atoms with van der Waals surface area (Å²) in [6.45, 7) is 7.18. The van der Waals surface area contributed by atoms with Gasteiger partial charge < -0.3 is 10.1 Å². The molecule has 0 heterocycles. The lowest BCUT2D eigenvalue weighted by Gasteiger charge is -2.23. The number of anilines is 1. The zero-order chi connectivity index (χ0) is 15.1. The van der Waals surface area contributed by atoms with Crippen LogP contribution in [-0.2, 0) is 9.59 Å². The lowest BCUT2D eigenvalue weighted by Crippen LogP contribution is -2.40. The first-order valence-electron chi connectivity index (χ1n) is 6.30. The fourth-order valence-electron chi connectivity index (χ4n) is 1.76. The van der Waals surface area contributed by atoms with Crippen LogP contribution in [0.15, 0.2) is 30.9 Å². The van der Waals surface area contributed by atoms with Gasteiger partial charge in [0.15, 0.2) is 0 Å². The minimum atomic E-state index is -0.247. The van der Waals surface area contributed by atoms with Crippen LogP contribution in [-0.4, -0.2) is 32.0 Å². The lowest BCUT2D eigenvalue weighted by molar-refractivity contribution is -0.122. The number of amides is 2. The molecule has 1 aromatic rings. The second kappa shape index (κ2) is 7.33. The van der Waals surface area contributed by atoms with E-state index in [-0.39, 0.29) is 18.4 Å². The van der Waals surface area contributed by atoms with Gasteiger partial charge in [-0.25, -0.2) is 0 Å². The number of benzene rings is 1. The topological polar surface area (TPSA) is 58.6 Å². The van der Waals surface area contributed by atoms with E-state index in [0.717, 1.165) is 5.56 Å². The fraction of sp³-hybridized carbons (Fsp3) is 0.333. The van der Waals surface area contributed by atoms with Crippen molar-refractivity contribution in [3.05, 3.63) is 36.4 Å². The number of hydrogen-bond donors (Lipinski definition) is 1. The van der Waals surface area contributed by atoms with E-state index in [2.05, 4.69) is 11.9 Å². The summed E-state index contributed by atoms with van der Waals surface area (Å²) in [5.74, 6) is 0.0913. The number of carbonyl (C=O) groups excluding carboxylic acids is 2. The third-order valence-electron chi connectivity index (χ3n) is 2.75. The molecule has 1 rings (SSSR count). The highest BCUT2D eigenvalue weighted by atomic mass is 16.5. The summed E-state index contributed by atoms with van der Waals surface area (Å²) < 4.78 is 5.25. The van der Waals surface area contributed by atoms with E-state index in [0.29, 0.717) is 18.0 Å². The summed E-state index contributed by atoms with van der Waals surface area (Å²) in [6, 6.07) is 5.49. The van der Waals surface area contributed by atoms with Gasteiger partial charge in [-0.05, 0) is 24.6 Å². The largest absolute Gasteiger partial charge is 0.495 e. The number of nitrogens with one attached hydrogen (secondary N) is 1. The van der Waals surface area contributed by atoms with Crippen LogP contribution < -0.4 is 15.0 Å². The third kappa shape index (κ3) is 4.12. The van der Waals surface area contributed by atoms with Crippen molar-refractivity contribution in [1.82, 2.24) is 5.32 Å². The van der Waals surface area contributed by atoms with Gasteiger partial charge in [0.05, 0.1) is 12.8 Å². The van der Waals surface area contributed by atoms with E-state index in [9.17, 15) is 9.59 Å². The molecule has 1 N–H and O–H groups in total. The molecule has 1 aromatic carbocycles. The predicted octanol–water partition coefficient (Wildman–Crippen LogP) is 1.66. The van der Waals surface area contributed by atoms with Gasteiger partial charge in [0.2, 0.25) is 11.8 Å². The molecule has 0 saturated carbocycles. The van der Waals surface area contributed by atoms with E-state index in [1.54, 1.807) is 12.1 Å². The standard InChI is InChI=1S/C15H20N2O3/c1-5-8-16-15(19)10-17(12(3)18)13-9-11(2)6-7-14(13)20-4/h5-7,9H,1,8,10H2,2-4H3,(H,16,19). The zero-order valence-electron chi connectivity index (χ0n) is 12.1. The van der Waals surface area contributed by atoms with Crippen molar-refractivity contribution >= 4 is 17.5 Å². The lowest BCUT2D eigenvalue weighted by atomic mass is 10.2. The molecule has 108 valence electrons. The number of carbonyl (C=O) groups is 2. The summed E-state index contributed by atoms with van der Waals surface area (Å²) in [6.07, 6.45) is 1.59. The normalized spacial score (nSPS) is 9.75. The number of nitrogens with zero attached hydrogens (tertiary/aromatic N) is 1. The Kier molecular flexibility index (Phi) is 5.77. The van der Waals surface area contributed by atoms with Crippen LogP contribution in [0.2, 0.25) is 0 Å². The van der Waals surface area contributed by atoms with Crippen LogP contribution in [0.1, 0.15) is 12.5 Å². The van der Waals surface area contributed by atoms with Gasteiger partial charge in [0.1, 0.15) is 12.3 Å². The molecule has 0 radical (unpaired) electrons. The van der Waals surface area contributed by atoms with Crippen LogP contribution in [0, 0.1) is 6.92 Å². The van der Waals surface area contributed by atoms with E-state index in [1.807, 2.05) is 19.1 Å². The maximum atomic E-state index is 11.8. The van der Waals surface area contributed by atoms with Crippen molar-refractivity contribution in [2.75, 3.05) is 25.1 Å². The molecule has 20 heavy (non-hydrogen) atoms. The first-order chi connectivity index (χ1) is 9.49. The molecule has 0 aliphatic heterocycles. The molecule has 2 amide bonds. The Bertz CT molecular complexity index is 512. The molecular formula is C15H20N2O3. The van der Waals surface area contributed by atoms with Gasteiger partial charge >= 0.3 is 0 Å². The summed E-state index contributed by atoms with van der Waals surface area (Å²) in [4.78, 5) is 25.0. The van der Waals surface area contributed by atoms with Crippen molar-refractivity contribution in [2.45, 2.75) is 13.8 Å². The highest BCUT2D eigenvalue weighted by molar-refractivity contribution is 5.98. The second-order valence-electron chi connectivity index (χ2n) is 4.37. The molecule has 0 aliphatic rings. The highest BCUT2D eigenvalue weighted by Gasteiger charge is 2.19. The van der Waals surface area contributed by atoms with Gasteiger partial charge in [-0.15, -0.1) is 6.58 Å². The van der Waals surface area contributed by atoms with Gasteiger partial charge in [-0.2, -0.15) is 0 Å². The Hall–Kier alpha value is -2.30. The predicted molar refractivity (Wildman–Crippen MR) is 79.0 cm³/mol. The maximum Gasteiger partial charge on any atom is 0.240 e. The molecule has 0 saturated heterocycles.